The van der Waals surface area contributed by atoms with Crippen LogP contribution in [0, 0.1) is 5.92 Å². The predicted octanol–water partition coefficient (Wildman–Crippen LogP) is 5.31. The lowest BCUT2D eigenvalue weighted by atomic mass is 10.1. The van der Waals surface area contributed by atoms with E-state index in [0.29, 0.717) is 30.0 Å². The Hall–Kier alpha value is -2.65. The summed E-state index contributed by atoms with van der Waals surface area (Å²) in [6, 6.07) is 13.7. The van der Waals surface area contributed by atoms with Gasteiger partial charge in [-0.05, 0) is 35.9 Å². The maximum atomic E-state index is 5.89. The Balaban J connectivity index is 1.44. The number of aromatic nitrogens is 5. The van der Waals surface area contributed by atoms with Gasteiger partial charge in [-0.15, -0.1) is 21.5 Å². The summed E-state index contributed by atoms with van der Waals surface area (Å²) in [7, 11) is 0. The molecule has 30 heavy (non-hydrogen) atoms. The number of hydrogen-bond acceptors (Lipinski definition) is 8. The lowest BCUT2D eigenvalue weighted by Crippen LogP contribution is -2.10. The van der Waals surface area contributed by atoms with E-state index < -0.39 is 0 Å². The van der Waals surface area contributed by atoms with E-state index in [4.69, 9.17) is 9.26 Å². The molecule has 0 saturated heterocycles. The fourth-order valence-electron chi connectivity index (χ4n) is 2.75. The Bertz CT molecular complexity index is 1040. The number of nitrogens with zero attached hydrogens (tertiary/aromatic N) is 5. The Morgan fingerprint density at radius 1 is 1.13 bits per heavy atom. The molecule has 3 heterocycles. The van der Waals surface area contributed by atoms with Crippen LogP contribution in [0.4, 0.5) is 0 Å². The highest BCUT2D eigenvalue weighted by molar-refractivity contribution is 7.98. The standard InChI is InChI=1S/C21H23N5O2S2/c1-15(2)10-11-26-18(13-27-16-7-4-3-5-8-16)23-24-21(26)30-14-19-22-20(25-28-19)17-9-6-12-29-17/h3-9,12,15H,10-11,13-14H2,1-2H3. The number of thioether (sulfide) groups is 1. The van der Waals surface area contributed by atoms with E-state index >= 15 is 0 Å². The van der Waals surface area contributed by atoms with E-state index in [2.05, 4.69) is 38.8 Å². The monoisotopic (exact) mass is 441 g/mol. The van der Waals surface area contributed by atoms with E-state index in [1.54, 1.807) is 23.1 Å². The third-order valence-electron chi connectivity index (χ3n) is 4.37. The van der Waals surface area contributed by atoms with Crippen LogP contribution in [-0.4, -0.2) is 24.9 Å². The van der Waals surface area contributed by atoms with Gasteiger partial charge in [0.05, 0.1) is 10.6 Å². The number of benzene rings is 1. The molecule has 0 unspecified atom stereocenters. The highest BCUT2D eigenvalue weighted by atomic mass is 32.2. The molecule has 0 bridgehead atoms. The molecule has 0 aliphatic rings. The molecule has 0 amide bonds. The molecule has 9 heteroatoms. The van der Waals surface area contributed by atoms with E-state index in [1.807, 2.05) is 47.8 Å². The zero-order chi connectivity index (χ0) is 20.8. The summed E-state index contributed by atoms with van der Waals surface area (Å²) in [5, 5.41) is 15.7. The first-order valence-electron chi connectivity index (χ1n) is 9.78. The van der Waals surface area contributed by atoms with Crippen LogP contribution in [0.3, 0.4) is 0 Å². The van der Waals surface area contributed by atoms with Gasteiger partial charge in [-0.3, -0.25) is 0 Å². The quantitative estimate of drug-likeness (QED) is 0.309. The van der Waals surface area contributed by atoms with Crippen molar-refractivity contribution < 1.29 is 9.26 Å². The minimum Gasteiger partial charge on any atom is -0.486 e. The molecule has 1 aromatic carbocycles. The second kappa shape index (κ2) is 9.90. The van der Waals surface area contributed by atoms with Crippen molar-refractivity contribution in [3.63, 3.8) is 0 Å². The van der Waals surface area contributed by atoms with Crippen molar-refractivity contribution in [3.8, 4) is 16.5 Å². The summed E-state index contributed by atoms with van der Waals surface area (Å²) in [6.07, 6.45) is 1.03. The summed E-state index contributed by atoms with van der Waals surface area (Å²) >= 11 is 3.14. The Morgan fingerprint density at radius 2 is 2.00 bits per heavy atom. The largest absolute Gasteiger partial charge is 0.486 e. The van der Waals surface area contributed by atoms with Crippen molar-refractivity contribution in [1.29, 1.82) is 0 Å². The molecule has 0 atom stereocenters. The van der Waals surface area contributed by atoms with Crippen LogP contribution >= 0.6 is 23.1 Å². The van der Waals surface area contributed by atoms with Gasteiger partial charge >= 0.3 is 0 Å². The maximum absolute atomic E-state index is 5.89. The summed E-state index contributed by atoms with van der Waals surface area (Å²) < 4.78 is 13.4. The number of hydrogen-bond donors (Lipinski definition) is 0. The lowest BCUT2D eigenvalue weighted by molar-refractivity contribution is 0.285. The fourth-order valence-corrected chi connectivity index (χ4v) is 4.22. The number of para-hydroxylation sites is 1. The molecule has 0 saturated carbocycles. The highest BCUT2D eigenvalue weighted by Gasteiger charge is 2.16. The van der Waals surface area contributed by atoms with Crippen molar-refractivity contribution in [1.82, 2.24) is 24.9 Å². The summed E-state index contributed by atoms with van der Waals surface area (Å²) in [6.45, 7) is 5.63. The van der Waals surface area contributed by atoms with E-state index in [9.17, 15) is 0 Å². The van der Waals surface area contributed by atoms with Crippen molar-refractivity contribution in [2.75, 3.05) is 0 Å². The molecule has 0 radical (unpaired) electrons. The first kappa shape index (κ1) is 20.6. The summed E-state index contributed by atoms with van der Waals surface area (Å²) in [4.78, 5) is 5.48. The average molecular weight is 442 g/mol. The predicted molar refractivity (Wildman–Crippen MR) is 117 cm³/mol. The molecule has 0 fully saturated rings. The molecule has 0 N–H and O–H groups in total. The molecule has 0 aliphatic carbocycles. The molecular formula is C21H23N5O2S2. The molecule has 4 aromatic rings. The molecule has 7 nitrogen and oxygen atoms in total. The zero-order valence-electron chi connectivity index (χ0n) is 16.9. The zero-order valence-corrected chi connectivity index (χ0v) is 18.5. The molecule has 156 valence electrons. The van der Waals surface area contributed by atoms with Gasteiger partial charge in [-0.1, -0.05) is 55.0 Å². The van der Waals surface area contributed by atoms with Crippen LogP contribution in [-0.2, 0) is 18.9 Å². The van der Waals surface area contributed by atoms with Crippen LogP contribution < -0.4 is 4.74 Å². The van der Waals surface area contributed by atoms with Gasteiger partial charge in [0.25, 0.3) is 0 Å². The Kier molecular flexibility index (Phi) is 6.81. The van der Waals surface area contributed by atoms with Gasteiger partial charge in [-0.2, -0.15) is 4.98 Å². The van der Waals surface area contributed by atoms with Gasteiger partial charge < -0.3 is 13.8 Å². The van der Waals surface area contributed by atoms with Gasteiger partial charge in [0.15, 0.2) is 11.0 Å². The molecule has 4 rings (SSSR count). The van der Waals surface area contributed by atoms with Gasteiger partial charge in [0.1, 0.15) is 12.4 Å². The average Bonchev–Trinajstić information content (AvgIpc) is 3.50. The van der Waals surface area contributed by atoms with Crippen molar-refractivity contribution in [2.24, 2.45) is 5.92 Å². The molecule has 0 aliphatic heterocycles. The van der Waals surface area contributed by atoms with E-state index in [-0.39, 0.29) is 0 Å². The molecular weight excluding hydrogens is 418 g/mol. The smallest absolute Gasteiger partial charge is 0.237 e. The summed E-state index contributed by atoms with van der Waals surface area (Å²) in [5.41, 5.74) is 0. The van der Waals surface area contributed by atoms with Crippen LogP contribution in [0.15, 0.2) is 57.5 Å². The maximum Gasteiger partial charge on any atom is 0.237 e. The normalized spacial score (nSPS) is 11.3. The number of rotatable bonds is 10. The van der Waals surface area contributed by atoms with Crippen molar-refractivity contribution in [2.45, 2.75) is 44.3 Å². The first-order chi connectivity index (χ1) is 14.7. The third kappa shape index (κ3) is 5.28. The topological polar surface area (TPSA) is 78.9 Å². The van der Waals surface area contributed by atoms with Crippen LogP contribution in [0.5, 0.6) is 5.75 Å². The fraction of sp³-hybridized carbons (Fsp3) is 0.333. The third-order valence-corrected chi connectivity index (χ3v) is 6.19. The second-order valence-corrected chi connectivity index (χ2v) is 9.00. The van der Waals surface area contributed by atoms with Gasteiger partial charge in [0, 0.05) is 6.54 Å². The van der Waals surface area contributed by atoms with Crippen LogP contribution in [0.2, 0.25) is 0 Å². The van der Waals surface area contributed by atoms with Gasteiger partial charge in [-0.25, -0.2) is 0 Å². The first-order valence-corrected chi connectivity index (χ1v) is 11.6. The van der Waals surface area contributed by atoms with Crippen LogP contribution in [0.1, 0.15) is 32.0 Å². The highest BCUT2D eigenvalue weighted by Crippen LogP contribution is 2.26. The van der Waals surface area contributed by atoms with Crippen molar-refractivity contribution in [3.05, 3.63) is 59.6 Å². The second-order valence-electron chi connectivity index (χ2n) is 7.11. The number of ether oxygens (including phenoxy) is 1. The number of thiophene rings is 1. The van der Waals surface area contributed by atoms with E-state index in [0.717, 1.165) is 34.6 Å². The minimum atomic E-state index is 0.374. The minimum absolute atomic E-state index is 0.374. The SMILES string of the molecule is CC(C)CCn1c(COc2ccccc2)nnc1SCc1nc(-c2cccs2)no1. The molecule has 3 aromatic heterocycles. The van der Waals surface area contributed by atoms with Gasteiger partial charge in [0.2, 0.25) is 11.7 Å². The lowest BCUT2D eigenvalue weighted by Gasteiger charge is -2.12. The van der Waals surface area contributed by atoms with Crippen molar-refractivity contribution >= 4 is 23.1 Å². The summed E-state index contributed by atoms with van der Waals surface area (Å²) in [5.74, 6) is 3.95. The Labute approximate surface area is 183 Å². The van der Waals surface area contributed by atoms with Crippen LogP contribution in [0.25, 0.3) is 10.7 Å². The molecule has 0 spiro atoms. The Morgan fingerprint density at radius 3 is 2.77 bits per heavy atom. The van der Waals surface area contributed by atoms with E-state index in [1.165, 1.54) is 0 Å².